The molecule has 0 radical (unpaired) electrons. The number of benzene rings is 1. The first-order valence-electron chi connectivity index (χ1n) is 11.0. The highest BCUT2D eigenvalue weighted by Crippen LogP contribution is 2.40. The van der Waals surface area contributed by atoms with Gasteiger partial charge in [-0.1, -0.05) is 23.7 Å². The number of hydrogen-bond acceptors (Lipinski definition) is 5. The number of hydrogen-bond donors (Lipinski definition) is 0. The number of amides is 1. The van der Waals surface area contributed by atoms with Gasteiger partial charge in [-0.15, -0.1) is 0 Å². The average molecular weight is 448 g/mol. The Labute approximate surface area is 193 Å². The Kier molecular flexibility index (Phi) is 5.81. The maximum Gasteiger partial charge on any atom is 0.227 e. The van der Waals surface area contributed by atoms with Crippen LogP contribution in [0.2, 0.25) is 5.02 Å². The van der Waals surface area contributed by atoms with Gasteiger partial charge in [0, 0.05) is 69.1 Å². The molecule has 2 aliphatic rings. The normalized spacial score (nSPS) is 18.6. The van der Waals surface area contributed by atoms with E-state index < -0.39 is 0 Å². The fourth-order valence-electron chi connectivity index (χ4n) is 4.78. The second-order valence-electron chi connectivity index (χ2n) is 8.46. The Morgan fingerprint density at radius 1 is 1.06 bits per heavy atom. The molecule has 0 aliphatic carbocycles. The summed E-state index contributed by atoms with van der Waals surface area (Å²) in [7, 11) is 2.10. The minimum atomic E-state index is 0.0425. The molecular weight excluding hydrogens is 422 g/mol. The van der Waals surface area contributed by atoms with Gasteiger partial charge in [0.05, 0.1) is 18.2 Å². The SMILES string of the molecule is CN1Cc2cccnc2C(N2CCN(C(=O)Cc3ccncc3)CC2)c2ccc(Cl)cc21. The van der Waals surface area contributed by atoms with Gasteiger partial charge in [0.1, 0.15) is 0 Å². The second kappa shape index (κ2) is 8.88. The van der Waals surface area contributed by atoms with E-state index in [9.17, 15) is 4.79 Å². The maximum absolute atomic E-state index is 12.8. The van der Waals surface area contributed by atoms with Crippen LogP contribution in [0, 0.1) is 0 Å². The van der Waals surface area contributed by atoms with Crippen LogP contribution in [0.4, 0.5) is 5.69 Å². The smallest absolute Gasteiger partial charge is 0.227 e. The van der Waals surface area contributed by atoms with E-state index in [1.165, 1.54) is 11.1 Å². The number of carbonyl (C=O) groups excluding carboxylic acids is 1. The largest absolute Gasteiger partial charge is 0.370 e. The lowest BCUT2D eigenvalue weighted by Gasteiger charge is -2.39. The highest BCUT2D eigenvalue weighted by Gasteiger charge is 2.34. The van der Waals surface area contributed by atoms with Gasteiger partial charge < -0.3 is 9.80 Å². The lowest BCUT2D eigenvalue weighted by atomic mass is 9.97. The van der Waals surface area contributed by atoms with Crippen molar-refractivity contribution in [1.29, 1.82) is 0 Å². The van der Waals surface area contributed by atoms with E-state index >= 15 is 0 Å². The monoisotopic (exact) mass is 447 g/mol. The number of nitrogens with zero attached hydrogens (tertiary/aromatic N) is 5. The van der Waals surface area contributed by atoms with Crippen LogP contribution in [0.25, 0.3) is 0 Å². The molecule has 0 saturated carbocycles. The molecule has 3 aromatic rings. The van der Waals surface area contributed by atoms with E-state index in [0.717, 1.165) is 41.6 Å². The Morgan fingerprint density at radius 2 is 1.84 bits per heavy atom. The van der Waals surface area contributed by atoms with E-state index in [4.69, 9.17) is 16.6 Å². The van der Waals surface area contributed by atoms with E-state index in [2.05, 4.69) is 34.0 Å². The Bertz CT molecular complexity index is 1110. The van der Waals surface area contributed by atoms with E-state index in [-0.39, 0.29) is 11.9 Å². The molecule has 0 bridgehead atoms. The average Bonchev–Trinajstić information content (AvgIpc) is 2.93. The number of rotatable bonds is 3. The molecule has 164 valence electrons. The minimum absolute atomic E-state index is 0.0425. The molecule has 2 aliphatic heterocycles. The van der Waals surface area contributed by atoms with Crippen molar-refractivity contribution in [3.63, 3.8) is 0 Å². The summed E-state index contributed by atoms with van der Waals surface area (Å²) in [5.41, 5.74) is 5.67. The van der Waals surface area contributed by atoms with Crippen molar-refractivity contribution < 1.29 is 4.79 Å². The third-order valence-electron chi connectivity index (χ3n) is 6.43. The third-order valence-corrected chi connectivity index (χ3v) is 6.66. The fourth-order valence-corrected chi connectivity index (χ4v) is 4.95. The molecule has 0 spiro atoms. The van der Waals surface area contributed by atoms with Crippen LogP contribution in [0.1, 0.15) is 28.4 Å². The first-order valence-corrected chi connectivity index (χ1v) is 11.3. The minimum Gasteiger partial charge on any atom is -0.370 e. The number of carbonyl (C=O) groups is 1. The zero-order chi connectivity index (χ0) is 22.1. The zero-order valence-corrected chi connectivity index (χ0v) is 18.9. The first kappa shape index (κ1) is 20.9. The summed E-state index contributed by atoms with van der Waals surface area (Å²) in [6, 6.07) is 14.1. The number of pyridine rings is 2. The highest BCUT2D eigenvalue weighted by molar-refractivity contribution is 6.30. The number of anilines is 1. The van der Waals surface area contributed by atoms with Gasteiger partial charge >= 0.3 is 0 Å². The van der Waals surface area contributed by atoms with Crippen LogP contribution in [0.3, 0.4) is 0 Å². The van der Waals surface area contributed by atoms with Crippen molar-refractivity contribution in [3.05, 3.63) is 88.5 Å². The molecule has 1 fully saturated rings. The van der Waals surface area contributed by atoms with Crippen molar-refractivity contribution in [2.75, 3.05) is 38.1 Å². The molecule has 1 saturated heterocycles. The van der Waals surface area contributed by atoms with Gasteiger partial charge in [0.15, 0.2) is 0 Å². The summed E-state index contributed by atoms with van der Waals surface area (Å²) in [5.74, 6) is 0.169. The number of piperazine rings is 1. The van der Waals surface area contributed by atoms with Gasteiger partial charge in [-0.25, -0.2) is 0 Å². The summed E-state index contributed by atoms with van der Waals surface area (Å²) in [5, 5.41) is 0.736. The van der Waals surface area contributed by atoms with Crippen molar-refractivity contribution in [1.82, 2.24) is 19.8 Å². The van der Waals surface area contributed by atoms with E-state index in [1.54, 1.807) is 12.4 Å². The molecule has 32 heavy (non-hydrogen) atoms. The third kappa shape index (κ3) is 4.08. The highest BCUT2D eigenvalue weighted by atomic mass is 35.5. The maximum atomic E-state index is 12.8. The molecule has 6 nitrogen and oxygen atoms in total. The van der Waals surface area contributed by atoms with Crippen LogP contribution in [0.15, 0.2) is 61.1 Å². The topological polar surface area (TPSA) is 52.6 Å². The lowest BCUT2D eigenvalue weighted by molar-refractivity contribution is -0.132. The predicted molar refractivity (Wildman–Crippen MR) is 126 cm³/mol. The second-order valence-corrected chi connectivity index (χ2v) is 8.89. The molecule has 0 N–H and O–H groups in total. The summed E-state index contributed by atoms with van der Waals surface area (Å²) in [6.45, 7) is 3.81. The number of halogens is 1. The Hall–Kier alpha value is -2.96. The standard InChI is InChI=1S/C25H26ClN5O/c1-29-17-19-3-2-8-28-24(19)25(21-5-4-20(26)16-22(21)29)31-13-11-30(12-14-31)23(32)15-18-6-9-27-10-7-18/h2-10,16,25H,11-15,17H2,1H3. The van der Waals surface area contributed by atoms with Gasteiger partial charge in [0.2, 0.25) is 5.91 Å². The van der Waals surface area contributed by atoms with E-state index in [0.29, 0.717) is 19.5 Å². The van der Waals surface area contributed by atoms with Crippen LogP contribution >= 0.6 is 11.6 Å². The molecule has 2 aromatic heterocycles. The first-order chi connectivity index (χ1) is 15.6. The summed E-state index contributed by atoms with van der Waals surface area (Å²) < 4.78 is 0. The molecule has 1 unspecified atom stereocenters. The van der Waals surface area contributed by atoms with Crippen molar-refractivity contribution in [3.8, 4) is 0 Å². The van der Waals surface area contributed by atoms with Crippen LogP contribution in [-0.4, -0.2) is 58.9 Å². The Balaban J connectivity index is 1.39. The van der Waals surface area contributed by atoms with Crippen molar-refractivity contribution in [2.24, 2.45) is 0 Å². The predicted octanol–water partition coefficient (Wildman–Crippen LogP) is 3.56. The molecule has 1 aromatic carbocycles. The summed E-state index contributed by atoms with van der Waals surface area (Å²) in [6.07, 6.45) is 5.76. The van der Waals surface area contributed by atoms with Gasteiger partial charge in [-0.2, -0.15) is 0 Å². The molecule has 1 amide bonds. The van der Waals surface area contributed by atoms with Crippen LogP contribution in [-0.2, 0) is 17.8 Å². The quantitative estimate of drug-likeness (QED) is 0.614. The van der Waals surface area contributed by atoms with Crippen molar-refractivity contribution >= 4 is 23.2 Å². The number of fused-ring (bicyclic) bond motifs is 2. The molecular formula is C25H26ClN5O. The summed E-state index contributed by atoms with van der Waals surface area (Å²) >= 11 is 6.36. The number of aromatic nitrogens is 2. The van der Waals surface area contributed by atoms with E-state index in [1.807, 2.05) is 41.4 Å². The lowest BCUT2D eigenvalue weighted by Crippen LogP contribution is -2.50. The van der Waals surface area contributed by atoms with Crippen LogP contribution < -0.4 is 4.90 Å². The molecule has 7 heteroatoms. The molecule has 1 atom stereocenters. The summed E-state index contributed by atoms with van der Waals surface area (Å²) in [4.78, 5) is 28.4. The van der Waals surface area contributed by atoms with Gasteiger partial charge in [-0.3, -0.25) is 19.7 Å². The molecule has 5 rings (SSSR count). The van der Waals surface area contributed by atoms with Crippen LogP contribution in [0.5, 0.6) is 0 Å². The Morgan fingerprint density at radius 3 is 2.62 bits per heavy atom. The zero-order valence-electron chi connectivity index (χ0n) is 18.1. The van der Waals surface area contributed by atoms with Crippen molar-refractivity contribution in [2.45, 2.75) is 19.0 Å². The van der Waals surface area contributed by atoms with Gasteiger partial charge in [-0.05, 0) is 47.0 Å². The fraction of sp³-hybridized carbons (Fsp3) is 0.320. The molecule has 4 heterocycles. The van der Waals surface area contributed by atoms with Gasteiger partial charge in [0.25, 0.3) is 0 Å².